The van der Waals surface area contributed by atoms with Gasteiger partial charge >= 0.3 is 0 Å². The third kappa shape index (κ3) is 4.13. The Hall–Kier alpha value is -1.72. The smallest absolute Gasteiger partial charge is 0.157 e. The lowest BCUT2D eigenvalue weighted by Crippen LogP contribution is -2.57. The molecule has 1 saturated carbocycles. The Kier molecular flexibility index (Phi) is 6.17. The topological polar surface area (TPSA) is 42.4 Å². The molecule has 1 aromatic rings. The number of allylic oxidation sites excluding steroid dienone is 4. The van der Waals surface area contributed by atoms with E-state index in [1.54, 1.807) is 0 Å². The van der Waals surface area contributed by atoms with Crippen LogP contribution in [-0.4, -0.2) is 43.6 Å². The number of carbonyl (C=O) groups excluding carboxylic acids is 1. The van der Waals surface area contributed by atoms with Crippen LogP contribution in [0, 0.1) is 28.6 Å². The second kappa shape index (κ2) is 8.74. The Morgan fingerprint density at radius 1 is 1.18 bits per heavy atom. The number of hydrogen-bond acceptors (Lipinski definition) is 4. The van der Waals surface area contributed by atoms with Crippen molar-refractivity contribution >= 4 is 19.4 Å². The van der Waals surface area contributed by atoms with Crippen LogP contribution in [0.4, 0.5) is 0 Å². The fraction of sp³-hybridized carbons (Fsp3) is 0.655. The number of piperidine rings is 1. The molecule has 5 heteroatoms. The summed E-state index contributed by atoms with van der Waals surface area (Å²) in [5.41, 5.74) is 4.35. The number of pyridine rings is 1. The summed E-state index contributed by atoms with van der Waals surface area (Å²) in [6.45, 7) is 14.6. The van der Waals surface area contributed by atoms with E-state index in [9.17, 15) is 4.79 Å². The molecular formula is C29H42N2O2Si. The second-order valence-corrected chi connectivity index (χ2v) is 18.5. The van der Waals surface area contributed by atoms with E-state index in [0.29, 0.717) is 36.7 Å². The Labute approximate surface area is 206 Å². The number of nitrogens with zero attached hydrogens (tertiary/aromatic N) is 2. The van der Waals surface area contributed by atoms with Crippen molar-refractivity contribution in [3.8, 4) is 0 Å². The van der Waals surface area contributed by atoms with E-state index in [2.05, 4.69) is 61.6 Å². The van der Waals surface area contributed by atoms with Crippen LogP contribution in [0.3, 0.4) is 0 Å². The van der Waals surface area contributed by atoms with Gasteiger partial charge in [0.25, 0.3) is 0 Å². The Bertz CT molecular complexity index is 997. The van der Waals surface area contributed by atoms with Crippen molar-refractivity contribution in [3.05, 3.63) is 47.9 Å². The maximum absolute atomic E-state index is 12.5. The number of fused-ring (bicyclic) bond motifs is 5. The van der Waals surface area contributed by atoms with E-state index in [0.717, 1.165) is 26.0 Å². The van der Waals surface area contributed by atoms with Crippen LogP contribution in [0.1, 0.15) is 51.5 Å². The Morgan fingerprint density at radius 2 is 2.00 bits per heavy atom. The number of ketones is 1. The minimum Gasteiger partial charge on any atom is -0.361 e. The first-order valence-electron chi connectivity index (χ1n) is 13.3. The van der Waals surface area contributed by atoms with Crippen molar-refractivity contribution in [1.82, 2.24) is 9.88 Å². The van der Waals surface area contributed by atoms with Crippen molar-refractivity contribution in [2.45, 2.75) is 71.6 Å². The van der Waals surface area contributed by atoms with Crippen molar-refractivity contribution in [1.29, 1.82) is 0 Å². The lowest BCUT2D eigenvalue weighted by molar-refractivity contribution is -0.120. The minimum atomic E-state index is -1.12. The van der Waals surface area contributed by atoms with Crippen LogP contribution < -0.4 is 0 Å². The number of hydrogen-bond donors (Lipinski definition) is 0. The fourth-order valence-corrected chi connectivity index (χ4v) is 8.38. The summed E-state index contributed by atoms with van der Waals surface area (Å²) < 4.78 is 6.27. The van der Waals surface area contributed by atoms with Crippen LogP contribution >= 0.6 is 0 Å². The van der Waals surface area contributed by atoms with Gasteiger partial charge in [-0.3, -0.25) is 9.78 Å². The van der Waals surface area contributed by atoms with Crippen LogP contribution in [0.25, 0.3) is 5.57 Å². The van der Waals surface area contributed by atoms with Gasteiger partial charge in [0.05, 0.1) is 0 Å². The molecule has 34 heavy (non-hydrogen) atoms. The number of likely N-dealkylation sites (tertiary alicyclic amines) is 1. The molecule has 0 spiro atoms. The van der Waals surface area contributed by atoms with Gasteiger partial charge in [-0.25, -0.2) is 0 Å². The molecular weight excluding hydrogens is 436 g/mol. The summed E-state index contributed by atoms with van der Waals surface area (Å²) in [4.78, 5) is 19.4. The SMILES string of the molecule is C[C@]12CCC(=O)C=C1N(COCC[Si](C)(C)C)C[C@@H]1[C@@H]2CC[C@]2(C)C(c3cccnc3)=CC[C@@H]12. The fourth-order valence-electron chi connectivity index (χ4n) is 7.63. The number of ether oxygens (including phenoxy) is 1. The van der Waals surface area contributed by atoms with E-state index in [1.165, 1.54) is 35.7 Å². The zero-order chi connectivity index (χ0) is 24.1. The van der Waals surface area contributed by atoms with E-state index in [1.807, 2.05) is 18.5 Å². The quantitative estimate of drug-likeness (QED) is 0.350. The molecule has 5 rings (SSSR count). The summed E-state index contributed by atoms with van der Waals surface area (Å²) in [6.07, 6.45) is 13.7. The molecule has 4 aliphatic rings. The molecule has 2 heterocycles. The van der Waals surface area contributed by atoms with Gasteiger partial charge < -0.3 is 9.64 Å². The van der Waals surface area contributed by atoms with Gasteiger partial charge in [-0.2, -0.15) is 0 Å². The van der Waals surface area contributed by atoms with E-state index in [4.69, 9.17) is 4.74 Å². The number of carbonyl (C=O) groups is 1. The molecule has 5 atom stereocenters. The standard InChI is InChI=1S/C29H42N2O2Si/c1-28-13-11-26-23(25(28)9-8-24(28)21-7-6-14-30-18-21)19-31(20-33-15-16-34(3,4)5)27-17-22(32)10-12-29(26,27)2/h6-8,14,17-18,23,25-26H,9-13,15-16,19-20H2,1-5H3/t23-,25-,26-,28+,29+/m0/s1. The zero-order valence-electron chi connectivity index (χ0n) is 21.8. The predicted octanol–water partition coefficient (Wildman–Crippen LogP) is 6.40. The van der Waals surface area contributed by atoms with E-state index in [-0.39, 0.29) is 10.8 Å². The molecule has 0 unspecified atom stereocenters. The first kappa shape index (κ1) is 24.0. The summed E-state index contributed by atoms with van der Waals surface area (Å²) in [6, 6.07) is 5.48. The first-order chi connectivity index (χ1) is 16.1. The van der Waals surface area contributed by atoms with Crippen molar-refractivity contribution in [2.24, 2.45) is 28.6 Å². The molecule has 4 nitrogen and oxygen atoms in total. The minimum absolute atomic E-state index is 0.0807. The zero-order valence-corrected chi connectivity index (χ0v) is 22.8. The largest absolute Gasteiger partial charge is 0.361 e. The van der Waals surface area contributed by atoms with Crippen LogP contribution in [0.2, 0.25) is 25.7 Å². The maximum Gasteiger partial charge on any atom is 0.157 e. The second-order valence-electron chi connectivity index (χ2n) is 12.9. The molecule has 0 bridgehead atoms. The number of rotatable bonds is 6. The highest BCUT2D eigenvalue weighted by Crippen LogP contribution is 2.65. The molecule has 184 valence electrons. The van der Waals surface area contributed by atoms with Crippen molar-refractivity contribution in [3.63, 3.8) is 0 Å². The van der Waals surface area contributed by atoms with Gasteiger partial charge in [0.2, 0.25) is 0 Å². The Morgan fingerprint density at radius 3 is 2.74 bits per heavy atom. The summed E-state index contributed by atoms with van der Waals surface area (Å²) in [5.74, 6) is 2.20. The van der Waals surface area contributed by atoms with E-state index < -0.39 is 8.07 Å². The van der Waals surface area contributed by atoms with Gasteiger partial charge in [-0.05, 0) is 72.1 Å². The van der Waals surface area contributed by atoms with Crippen molar-refractivity contribution in [2.75, 3.05) is 19.9 Å². The van der Waals surface area contributed by atoms with E-state index >= 15 is 0 Å². The highest BCUT2D eigenvalue weighted by atomic mass is 28.3. The summed E-state index contributed by atoms with van der Waals surface area (Å²) >= 11 is 0. The Balaban J connectivity index is 1.41. The summed E-state index contributed by atoms with van der Waals surface area (Å²) in [7, 11) is -1.12. The van der Waals surface area contributed by atoms with Crippen LogP contribution in [-0.2, 0) is 9.53 Å². The van der Waals surface area contributed by atoms with Crippen LogP contribution in [0.15, 0.2) is 42.4 Å². The predicted molar refractivity (Wildman–Crippen MR) is 141 cm³/mol. The van der Waals surface area contributed by atoms with Gasteiger partial charge in [0.15, 0.2) is 5.78 Å². The van der Waals surface area contributed by atoms with Gasteiger partial charge in [0.1, 0.15) is 6.73 Å². The molecule has 0 amide bonds. The molecule has 0 N–H and O–H groups in total. The molecule has 1 aliphatic heterocycles. The lowest BCUT2D eigenvalue weighted by atomic mass is 9.49. The highest BCUT2D eigenvalue weighted by Gasteiger charge is 2.58. The number of aromatic nitrogens is 1. The third-order valence-electron chi connectivity index (χ3n) is 9.60. The highest BCUT2D eigenvalue weighted by molar-refractivity contribution is 6.76. The monoisotopic (exact) mass is 478 g/mol. The van der Waals surface area contributed by atoms with Crippen molar-refractivity contribution < 1.29 is 9.53 Å². The molecule has 1 aromatic heterocycles. The molecule has 0 aromatic carbocycles. The van der Waals surface area contributed by atoms with Gasteiger partial charge in [-0.15, -0.1) is 0 Å². The van der Waals surface area contributed by atoms with Gasteiger partial charge in [-0.1, -0.05) is 45.6 Å². The van der Waals surface area contributed by atoms with Crippen LogP contribution in [0.5, 0.6) is 0 Å². The molecule has 2 fully saturated rings. The molecule has 3 aliphatic carbocycles. The lowest BCUT2D eigenvalue weighted by Gasteiger charge is -2.60. The summed E-state index contributed by atoms with van der Waals surface area (Å²) in [5, 5.41) is 0. The van der Waals surface area contributed by atoms with Gasteiger partial charge in [0, 0.05) is 57.2 Å². The maximum atomic E-state index is 12.5. The third-order valence-corrected chi connectivity index (χ3v) is 11.3. The molecule has 0 radical (unpaired) electrons. The normalized spacial score (nSPS) is 35.3. The average molecular weight is 479 g/mol. The molecule has 1 saturated heterocycles. The first-order valence-corrected chi connectivity index (χ1v) is 17.0. The average Bonchev–Trinajstić information content (AvgIpc) is 3.15.